The average molecular weight is 287 g/mol. The number of hydrogen-bond donors (Lipinski definition) is 1. The summed E-state index contributed by atoms with van der Waals surface area (Å²) >= 11 is 0. The summed E-state index contributed by atoms with van der Waals surface area (Å²) in [5.41, 5.74) is 3.77. The van der Waals surface area contributed by atoms with Crippen LogP contribution in [0.5, 0.6) is 0 Å². The summed E-state index contributed by atoms with van der Waals surface area (Å²) in [6, 6.07) is 10.1. The lowest BCUT2D eigenvalue weighted by atomic mass is 10.1. The van der Waals surface area contributed by atoms with Crippen molar-refractivity contribution in [1.82, 2.24) is 0 Å². The molecule has 0 saturated carbocycles. The molecule has 0 fully saturated rings. The van der Waals surface area contributed by atoms with Crippen molar-refractivity contribution in [2.75, 3.05) is 11.9 Å². The number of halogens is 1. The highest BCUT2D eigenvalue weighted by atomic mass is 19.1. The predicted molar refractivity (Wildman–Crippen MR) is 81.4 cm³/mol. The van der Waals surface area contributed by atoms with Crippen LogP contribution in [0.25, 0.3) is 0 Å². The third kappa shape index (κ3) is 3.40. The molecule has 0 aliphatic carbocycles. The van der Waals surface area contributed by atoms with E-state index in [1.54, 1.807) is 0 Å². The van der Waals surface area contributed by atoms with Crippen molar-refractivity contribution < 1.29 is 14.3 Å². The Hall–Kier alpha value is -2.36. The first kappa shape index (κ1) is 15.0. The molecule has 1 N–H and O–H groups in total. The quantitative estimate of drug-likeness (QED) is 0.930. The van der Waals surface area contributed by atoms with E-state index in [1.165, 1.54) is 17.7 Å². The number of benzene rings is 2. The lowest BCUT2D eigenvalue weighted by Gasteiger charge is -2.22. The van der Waals surface area contributed by atoms with Gasteiger partial charge in [-0.05, 0) is 37.6 Å². The summed E-state index contributed by atoms with van der Waals surface area (Å²) in [5, 5.41) is 8.85. The molecule has 0 heterocycles. The third-order valence-corrected chi connectivity index (χ3v) is 3.47. The van der Waals surface area contributed by atoms with Crippen LogP contribution >= 0.6 is 0 Å². The van der Waals surface area contributed by atoms with E-state index in [9.17, 15) is 9.18 Å². The second-order valence-electron chi connectivity index (χ2n) is 5.26. The minimum atomic E-state index is -1.12. The lowest BCUT2D eigenvalue weighted by molar-refractivity contribution is 0.0696. The summed E-state index contributed by atoms with van der Waals surface area (Å²) in [4.78, 5) is 12.8. The summed E-state index contributed by atoms with van der Waals surface area (Å²) in [6.07, 6.45) is 0. The molecule has 0 amide bonds. The molecule has 0 aromatic heterocycles. The Morgan fingerprint density at radius 1 is 1.19 bits per heavy atom. The molecule has 0 bridgehead atoms. The normalized spacial score (nSPS) is 10.5. The van der Waals surface area contributed by atoms with Crippen molar-refractivity contribution in [1.29, 1.82) is 0 Å². The standard InChI is InChI=1S/C17H18FNO2/c1-11-4-7-16(12(2)8-11)19(3)10-14-6-5-13(17(20)21)9-15(14)18/h4-9H,10H2,1-3H3,(H,20,21). The van der Waals surface area contributed by atoms with Gasteiger partial charge in [0.05, 0.1) is 5.56 Å². The zero-order valence-electron chi connectivity index (χ0n) is 12.4. The first-order valence-electron chi connectivity index (χ1n) is 6.68. The molecular weight excluding hydrogens is 269 g/mol. The van der Waals surface area contributed by atoms with Gasteiger partial charge in [-0.2, -0.15) is 0 Å². The number of rotatable bonds is 4. The molecule has 0 aliphatic heterocycles. The number of aryl methyl sites for hydroxylation is 2. The smallest absolute Gasteiger partial charge is 0.335 e. The van der Waals surface area contributed by atoms with Crippen LogP contribution in [-0.2, 0) is 6.54 Å². The van der Waals surface area contributed by atoms with Gasteiger partial charge in [-0.15, -0.1) is 0 Å². The molecule has 2 aromatic rings. The molecule has 110 valence electrons. The highest BCUT2D eigenvalue weighted by molar-refractivity contribution is 5.87. The van der Waals surface area contributed by atoms with Crippen molar-refractivity contribution in [3.05, 3.63) is 64.5 Å². The summed E-state index contributed by atoms with van der Waals surface area (Å²) in [7, 11) is 1.89. The van der Waals surface area contributed by atoms with Crippen LogP contribution in [0.4, 0.5) is 10.1 Å². The fourth-order valence-electron chi connectivity index (χ4n) is 2.38. The van der Waals surface area contributed by atoms with Gasteiger partial charge < -0.3 is 10.0 Å². The summed E-state index contributed by atoms with van der Waals surface area (Å²) in [6.45, 7) is 4.43. The van der Waals surface area contributed by atoms with E-state index in [0.717, 1.165) is 17.3 Å². The Labute approximate surface area is 123 Å². The number of carboxylic acids is 1. The molecule has 0 aliphatic rings. The van der Waals surface area contributed by atoms with E-state index in [4.69, 9.17) is 5.11 Å². The van der Waals surface area contributed by atoms with Gasteiger partial charge in [-0.1, -0.05) is 23.8 Å². The Bertz CT molecular complexity index is 682. The van der Waals surface area contributed by atoms with Gasteiger partial charge in [0.15, 0.2) is 0 Å². The highest BCUT2D eigenvalue weighted by Gasteiger charge is 2.11. The maximum absolute atomic E-state index is 14.0. The van der Waals surface area contributed by atoms with Crippen molar-refractivity contribution in [3.8, 4) is 0 Å². The van der Waals surface area contributed by atoms with Gasteiger partial charge in [-0.3, -0.25) is 0 Å². The zero-order valence-corrected chi connectivity index (χ0v) is 12.4. The molecule has 0 atom stereocenters. The number of aromatic carboxylic acids is 1. The van der Waals surface area contributed by atoms with E-state index in [1.807, 2.05) is 37.9 Å². The lowest BCUT2D eigenvalue weighted by Crippen LogP contribution is -2.18. The zero-order chi connectivity index (χ0) is 15.6. The molecule has 0 radical (unpaired) electrons. The largest absolute Gasteiger partial charge is 0.478 e. The predicted octanol–water partition coefficient (Wildman–Crippen LogP) is 3.78. The molecular formula is C17H18FNO2. The second-order valence-corrected chi connectivity index (χ2v) is 5.26. The van der Waals surface area contributed by atoms with Gasteiger partial charge in [0.25, 0.3) is 0 Å². The van der Waals surface area contributed by atoms with Gasteiger partial charge in [-0.25, -0.2) is 9.18 Å². The van der Waals surface area contributed by atoms with Gasteiger partial charge in [0.1, 0.15) is 5.82 Å². The van der Waals surface area contributed by atoms with E-state index >= 15 is 0 Å². The first-order chi connectivity index (χ1) is 9.88. The van der Waals surface area contributed by atoms with Crippen LogP contribution in [0.1, 0.15) is 27.0 Å². The molecule has 21 heavy (non-hydrogen) atoms. The van der Waals surface area contributed by atoms with Crippen LogP contribution in [0, 0.1) is 19.7 Å². The number of nitrogens with zero attached hydrogens (tertiary/aromatic N) is 1. The molecule has 4 heteroatoms. The van der Waals surface area contributed by atoms with Gasteiger partial charge in [0.2, 0.25) is 0 Å². The highest BCUT2D eigenvalue weighted by Crippen LogP contribution is 2.22. The minimum Gasteiger partial charge on any atom is -0.478 e. The second kappa shape index (κ2) is 5.95. The molecule has 3 nitrogen and oxygen atoms in total. The van der Waals surface area contributed by atoms with Crippen molar-refractivity contribution in [2.24, 2.45) is 0 Å². The van der Waals surface area contributed by atoms with Crippen LogP contribution in [-0.4, -0.2) is 18.1 Å². The van der Waals surface area contributed by atoms with Crippen LogP contribution in [0.2, 0.25) is 0 Å². The number of carbonyl (C=O) groups is 1. The molecule has 0 saturated heterocycles. The summed E-state index contributed by atoms with van der Waals surface area (Å²) < 4.78 is 14.0. The Morgan fingerprint density at radius 3 is 2.48 bits per heavy atom. The maximum Gasteiger partial charge on any atom is 0.335 e. The topological polar surface area (TPSA) is 40.5 Å². The van der Waals surface area contributed by atoms with Gasteiger partial charge >= 0.3 is 5.97 Å². The molecule has 2 rings (SSSR count). The van der Waals surface area contributed by atoms with Crippen LogP contribution in [0.15, 0.2) is 36.4 Å². The monoisotopic (exact) mass is 287 g/mol. The molecule has 0 spiro atoms. The van der Waals surface area contributed by atoms with Crippen LogP contribution in [0.3, 0.4) is 0 Å². The summed E-state index contributed by atoms with van der Waals surface area (Å²) in [5.74, 6) is -1.62. The van der Waals surface area contributed by atoms with E-state index in [0.29, 0.717) is 12.1 Å². The van der Waals surface area contributed by atoms with E-state index < -0.39 is 11.8 Å². The van der Waals surface area contributed by atoms with Gasteiger partial charge in [0, 0.05) is 24.8 Å². The fraction of sp³-hybridized carbons (Fsp3) is 0.235. The number of hydrogen-bond acceptors (Lipinski definition) is 2. The Balaban J connectivity index is 2.23. The van der Waals surface area contributed by atoms with E-state index in [-0.39, 0.29) is 5.56 Å². The molecule has 2 aromatic carbocycles. The third-order valence-electron chi connectivity index (χ3n) is 3.47. The van der Waals surface area contributed by atoms with Crippen LogP contribution < -0.4 is 4.90 Å². The molecule has 0 unspecified atom stereocenters. The van der Waals surface area contributed by atoms with E-state index in [2.05, 4.69) is 6.07 Å². The Kier molecular flexibility index (Phi) is 4.26. The fourth-order valence-corrected chi connectivity index (χ4v) is 2.38. The average Bonchev–Trinajstić information content (AvgIpc) is 2.40. The maximum atomic E-state index is 14.0. The number of anilines is 1. The minimum absolute atomic E-state index is 0.0366. The first-order valence-corrected chi connectivity index (χ1v) is 6.68. The SMILES string of the molecule is Cc1ccc(N(C)Cc2ccc(C(=O)O)cc2F)c(C)c1. The number of carboxylic acid groups (broad SMARTS) is 1. The Morgan fingerprint density at radius 2 is 1.90 bits per heavy atom. The van der Waals surface area contributed by atoms with Crippen molar-refractivity contribution in [2.45, 2.75) is 20.4 Å². The van der Waals surface area contributed by atoms with Crippen molar-refractivity contribution >= 4 is 11.7 Å². The van der Waals surface area contributed by atoms with Crippen molar-refractivity contribution in [3.63, 3.8) is 0 Å².